The van der Waals surface area contributed by atoms with Crippen molar-refractivity contribution >= 4 is 17.6 Å². The van der Waals surface area contributed by atoms with Crippen molar-refractivity contribution in [1.82, 2.24) is 0 Å². The second-order valence-corrected chi connectivity index (χ2v) is 6.10. The fourth-order valence-corrected chi connectivity index (χ4v) is 2.52. The predicted molar refractivity (Wildman–Crippen MR) is 102 cm³/mol. The van der Waals surface area contributed by atoms with Crippen LogP contribution in [0.15, 0.2) is 42.5 Å². The van der Waals surface area contributed by atoms with Gasteiger partial charge in [0.1, 0.15) is 5.75 Å². The normalized spacial score (nSPS) is 10.3. The van der Waals surface area contributed by atoms with E-state index in [2.05, 4.69) is 5.32 Å². The van der Waals surface area contributed by atoms with Crippen molar-refractivity contribution < 1.29 is 19.1 Å². The maximum Gasteiger partial charge on any atom is 0.338 e. The van der Waals surface area contributed by atoms with E-state index in [9.17, 15) is 9.59 Å². The molecule has 0 heterocycles. The summed E-state index contributed by atoms with van der Waals surface area (Å²) >= 11 is 0. The molecule has 0 aliphatic rings. The Bertz CT molecular complexity index is 753. The molecule has 0 saturated carbocycles. The summed E-state index contributed by atoms with van der Waals surface area (Å²) in [4.78, 5) is 24.1. The van der Waals surface area contributed by atoms with Gasteiger partial charge >= 0.3 is 5.97 Å². The zero-order valence-electron chi connectivity index (χ0n) is 15.5. The number of carbonyl (C=O) groups excluding carboxylic acids is 2. The molecule has 0 aromatic heterocycles. The Morgan fingerprint density at radius 2 is 1.81 bits per heavy atom. The van der Waals surface area contributed by atoms with E-state index in [4.69, 9.17) is 9.47 Å². The Hall–Kier alpha value is -2.82. The molecule has 0 fully saturated rings. The smallest absolute Gasteiger partial charge is 0.338 e. The summed E-state index contributed by atoms with van der Waals surface area (Å²) in [6.45, 7) is 4.41. The molecule has 1 amide bonds. The van der Waals surface area contributed by atoms with Gasteiger partial charge in [0.15, 0.2) is 0 Å². The molecule has 0 radical (unpaired) electrons. The van der Waals surface area contributed by atoms with Gasteiger partial charge in [-0.3, -0.25) is 4.79 Å². The lowest BCUT2D eigenvalue weighted by atomic mass is 10.1. The minimum Gasteiger partial charge on any atom is -0.496 e. The number of anilines is 1. The van der Waals surface area contributed by atoms with Gasteiger partial charge in [0.25, 0.3) is 0 Å². The third-order valence-electron chi connectivity index (χ3n) is 3.96. The highest BCUT2D eigenvalue weighted by atomic mass is 16.5. The number of rotatable bonds is 8. The zero-order chi connectivity index (χ0) is 18.9. The highest BCUT2D eigenvalue weighted by molar-refractivity contribution is 5.94. The van der Waals surface area contributed by atoms with E-state index in [0.717, 1.165) is 29.7 Å². The highest BCUT2D eigenvalue weighted by Gasteiger charge is 2.09. The molecule has 0 saturated heterocycles. The Kier molecular flexibility index (Phi) is 7.21. The quantitative estimate of drug-likeness (QED) is 0.571. The summed E-state index contributed by atoms with van der Waals surface area (Å²) in [6, 6.07) is 12.4. The van der Waals surface area contributed by atoms with Crippen molar-refractivity contribution in [2.75, 3.05) is 19.0 Å². The summed E-state index contributed by atoms with van der Waals surface area (Å²) in [7, 11) is 1.62. The molecule has 1 N–H and O–H groups in total. The number of nitrogens with one attached hydrogen (secondary N) is 1. The van der Waals surface area contributed by atoms with Crippen molar-refractivity contribution in [3.63, 3.8) is 0 Å². The molecule has 2 rings (SSSR count). The minimum absolute atomic E-state index is 0.118. The first-order chi connectivity index (χ1) is 12.5. The van der Waals surface area contributed by atoms with Gasteiger partial charge in [-0.15, -0.1) is 0 Å². The van der Waals surface area contributed by atoms with E-state index in [0.29, 0.717) is 17.9 Å². The number of amides is 1. The molecule has 0 aliphatic carbocycles. The number of hydrogen-bond acceptors (Lipinski definition) is 4. The fourth-order valence-electron chi connectivity index (χ4n) is 2.52. The van der Waals surface area contributed by atoms with Crippen molar-refractivity contribution in [3.8, 4) is 5.75 Å². The maximum atomic E-state index is 12.2. The van der Waals surface area contributed by atoms with Crippen molar-refractivity contribution in [2.24, 2.45) is 0 Å². The van der Waals surface area contributed by atoms with Gasteiger partial charge in [-0.25, -0.2) is 4.79 Å². The van der Waals surface area contributed by atoms with Crippen LogP contribution in [0.4, 0.5) is 5.69 Å². The monoisotopic (exact) mass is 355 g/mol. The second kappa shape index (κ2) is 9.61. The van der Waals surface area contributed by atoms with E-state index in [1.54, 1.807) is 31.4 Å². The summed E-state index contributed by atoms with van der Waals surface area (Å²) in [5.74, 6) is 0.341. The SMILES string of the molecule is CCCCOC(=O)c1ccc(NC(=O)Cc2ccc(OC)c(C)c2)cc1. The number of benzene rings is 2. The average molecular weight is 355 g/mol. The largest absolute Gasteiger partial charge is 0.496 e. The molecule has 0 unspecified atom stereocenters. The lowest BCUT2D eigenvalue weighted by molar-refractivity contribution is -0.115. The van der Waals surface area contributed by atoms with Gasteiger partial charge in [0.05, 0.1) is 25.7 Å². The molecule has 5 nitrogen and oxygen atoms in total. The Morgan fingerprint density at radius 1 is 1.08 bits per heavy atom. The number of aryl methyl sites for hydroxylation is 1. The lowest BCUT2D eigenvalue weighted by Crippen LogP contribution is -2.14. The van der Waals surface area contributed by atoms with Crippen LogP contribution in [0.2, 0.25) is 0 Å². The zero-order valence-corrected chi connectivity index (χ0v) is 15.5. The van der Waals surface area contributed by atoms with Crippen LogP contribution in [0.1, 0.15) is 41.3 Å². The van der Waals surface area contributed by atoms with Crippen LogP contribution in [0.5, 0.6) is 5.75 Å². The van der Waals surface area contributed by atoms with Crippen LogP contribution in [0.3, 0.4) is 0 Å². The minimum atomic E-state index is -0.343. The van der Waals surface area contributed by atoms with Crippen LogP contribution in [0.25, 0.3) is 0 Å². The lowest BCUT2D eigenvalue weighted by Gasteiger charge is -2.09. The molecule has 5 heteroatoms. The summed E-state index contributed by atoms with van der Waals surface area (Å²) in [6.07, 6.45) is 2.10. The van der Waals surface area contributed by atoms with Gasteiger partial charge in [-0.2, -0.15) is 0 Å². The van der Waals surface area contributed by atoms with Crippen LogP contribution < -0.4 is 10.1 Å². The van der Waals surface area contributed by atoms with E-state index in [-0.39, 0.29) is 18.3 Å². The number of carbonyl (C=O) groups is 2. The summed E-state index contributed by atoms with van der Waals surface area (Å²) in [5.41, 5.74) is 3.02. The van der Waals surface area contributed by atoms with E-state index >= 15 is 0 Å². The Morgan fingerprint density at radius 3 is 2.42 bits per heavy atom. The van der Waals surface area contributed by atoms with E-state index < -0.39 is 0 Å². The predicted octanol–water partition coefficient (Wildman–Crippen LogP) is 4.14. The number of hydrogen-bond donors (Lipinski definition) is 1. The Labute approximate surface area is 154 Å². The molecule has 0 aliphatic heterocycles. The van der Waals surface area contributed by atoms with Crippen molar-refractivity contribution in [2.45, 2.75) is 33.1 Å². The van der Waals surface area contributed by atoms with Crippen molar-refractivity contribution in [1.29, 1.82) is 0 Å². The molecule has 0 atom stereocenters. The number of ether oxygens (including phenoxy) is 2. The molecule has 2 aromatic rings. The van der Waals surface area contributed by atoms with Crippen LogP contribution >= 0.6 is 0 Å². The molecular weight excluding hydrogens is 330 g/mol. The third kappa shape index (κ3) is 5.62. The highest BCUT2D eigenvalue weighted by Crippen LogP contribution is 2.19. The van der Waals surface area contributed by atoms with Crippen LogP contribution in [0, 0.1) is 6.92 Å². The van der Waals surface area contributed by atoms with Gasteiger partial charge in [-0.05, 0) is 54.8 Å². The molecule has 2 aromatic carbocycles. The van der Waals surface area contributed by atoms with Crippen molar-refractivity contribution in [3.05, 3.63) is 59.2 Å². The molecule has 0 bridgehead atoms. The molecule has 138 valence electrons. The maximum absolute atomic E-state index is 12.2. The van der Waals surface area contributed by atoms with Gasteiger partial charge in [0, 0.05) is 5.69 Å². The Balaban J connectivity index is 1.90. The fraction of sp³-hybridized carbons (Fsp3) is 0.333. The first kappa shape index (κ1) is 19.5. The first-order valence-corrected chi connectivity index (χ1v) is 8.74. The van der Waals surface area contributed by atoms with Crippen LogP contribution in [-0.2, 0) is 16.0 Å². The average Bonchev–Trinajstić information content (AvgIpc) is 2.62. The molecule has 26 heavy (non-hydrogen) atoms. The van der Waals surface area contributed by atoms with Gasteiger partial charge in [-0.1, -0.05) is 25.5 Å². The van der Waals surface area contributed by atoms with E-state index in [1.165, 1.54) is 0 Å². The summed E-state index contributed by atoms with van der Waals surface area (Å²) in [5, 5.41) is 2.83. The standard InChI is InChI=1S/C21H25NO4/c1-4-5-12-26-21(24)17-7-9-18(10-8-17)22-20(23)14-16-6-11-19(25-3)15(2)13-16/h6-11,13H,4-5,12,14H2,1-3H3,(H,22,23). The number of esters is 1. The van der Waals surface area contributed by atoms with Crippen LogP contribution in [-0.4, -0.2) is 25.6 Å². The molecule has 0 spiro atoms. The molecular formula is C21H25NO4. The topological polar surface area (TPSA) is 64.6 Å². The first-order valence-electron chi connectivity index (χ1n) is 8.74. The van der Waals surface area contributed by atoms with Gasteiger partial charge in [0.2, 0.25) is 5.91 Å². The second-order valence-electron chi connectivity index (χ2n) is 6.10. The number of unbranched alkanes of at least 4 members (excludes halogenated alkanes) is 1. The van der Waals surface area contributed by atoms with E-state index in [1.807, 2.05) is 32.0 Å². The van der Waals surface area contributed by atoms with Gasteiger partial charge < -0.3 is 14.8 Å². The third-order valence-corrected chi connectivity index (χ3v) is 3.96. The summed E-state index contributed by atoms with van der Waals surface area (Å²) < 4.78 is 10.4. The number of methoxy groups -OCH3 is 1.